The number of rotatable bonds is 4. The first-order chi connectivity index (χ1) is 13.2. The second-order valence-electron chi connectivity index (χ2n) is 5.77. The quantitative estimate of drug-likeness (QED) is 0.499. The minimum Gasteiger partial charge on any atom is -0.486 e. The summed E-state index contributed by atoms with van der Waals surface area (Å²) in [6.45, 7) is 0.976. The summed E-state index contributed by atoms with van der Waals surface area (Å²) in [4.78, 5) is 12.2. The zero-order valence-corrected chi connectivity index (χ0v) is 15.7. The molecule has 0 atom stereocenters. The van der Waals surface area contributed by atoms with Gasteiger partial charge >= 0.3 is 0 Å². The molecule has 1 amide bonds. The molecule has 0 spiro atoms. The number of amides is 1. The number of carbonyl (C=O) groups is 1. The van der Waals surface area contributed by atoms with Crippen molar-refractivity contribution in [3.8, 4) is 22.8 Å². The topological polar surface area (TPSA) is 73.1 Å². The van der Waals surface area contributed by atoms with Gasteiger partial charge in [-0.1, -0.05) is 28.1 Å². The molecule has 1 aromatic heterocycles. The minimum absolute atomic E-state index is 0.345. The molecule has 4 rings (SSSR count). The van der Waals surface area contributed by atoms with Crippen LogP contribution < -0.4 is 14.9 Å². The van der Waals surface area contributed by atoms with Crippen molar-refractivity contribution in [2.45, 2.75) is 0 Å². The van der Waals surface area contributed by atoms with Crippen molar-refractivity contribution >= 4 is 28.1 Å². The number of hydrazone groups is 1. The third-order valence-corrected chi connectivity index (χ3v) is 4.45. The number of benzene rings is 2. The van der Waals surface area contributed by atoms with Crippen molar-refractivity contribution in [1.82, 2.24) is 5.43 Å². The monoisotopic (exact) mass is 426 g/mol. The number of nitrogens with one attached hydrogen (secondary N) is 1. The Hall–Kier alpha value is -3.06. The summed E-state index contributed by atoms with van der Waals surface area (Å²) in [5.41, 5.74) is 3.87. The van der Waals surface area contributed by atoms with Crippen LogP contribution in [0.2, 0.25) is 0 Å². The molecule has 0 saturated carbocycles. The number of nitrogens with zero attached hydrogens (tertiary/aromatic N) is 1. The zero-order chi connectivity index (χ0) is 18.6. The number of hydrogen-bond acceptors (Lipinski definition) is 5. The molecule has 0 fully saturated rings. The Bertz CT molecular complexity index is 995. The number of halogens is 1. The fourth-order valence-corrected chi connectivity index (χ4v) is 2.86. The number of carbonyl (C=O) groups excluding carboxylic acids is 1. The lowest BCUT2D eigenvalue weighted by Crippen LogP contribution is -2.19. The number of fused-ring (bicyclic) bond motifs is 1. The van der Waals surface area contributed by atoms with Crippen molar-refractivity contribution < 1.29 is 18.7 Å². The molecule has 1 N–H and O–H groups in total. The van der Waals surface area contributed by atoms with Gasteiger partial charge in [0, 0.05) is 15.6 Å². The molecule has 0 radical (unpaired) electrons. The van der Waals surface area contributed by atoms with Crippen LogP contribution in [0.25, 0.3) is 11.3 Å². The Morgan fingerprint density at radius 2 is 1.78 bits per heavy atom. The van der Waals surface area contributed by atoms with E-state index in [9.17, 15) is 4.79 Å². The van der Waals surface area contributed by atoms with E-state index in [1.807, 2.05) is 30.3 Å². The van der Waals surface area contributed by atoms with Crippen LogP contribution in [0.1, 0.15) is 16.1 Å². The highest BCUT2D eigenvalue weighted by atomic mass is 79.9. The van der Waals surface area contributed by atoms with E-state index in [0.717, 1.165) is 15.8 Å². The molecule has 7 heteroatoms. The second kappa shape index (κ2) is 7.67. The van der Waals surface area contributed by atoms with Gasteiger partial charge in [-0.05, 0) is 42.5 Å². The molecular weight excluding hydrogens is 412 g/mol. The lowest BCUT2D eigenvalue weighted by molar-refractivity contribution is 0.0954. The van der Waals surface area contributed by atoms with Gasteiger partial charge in [0.2, 0.25) is 0 Å². The maximum atomic E-state index is 12.2. The third-order valence-electron chi connectivity index (χ3n) is 3.92. The van der Waals surface area contributed by atoms with E-state index in [4.69, 9.17) is 13.9 Å². The molecule has 1 aliphatic rings. The molecule has 0 aliphatic carbocycles. The molecule has 27 heavy (non-hydrogen) atoms. The molecule has 2 heterocycles. The molecular formula is C20H15BrN2O4. The van der Waals surface area contributed by atoms with Crippen LogP contribution in [0.3, 0.4) is 0 Å². The summed E-state index contributed by atoms with van der Waals surface area (Å²) < 4.78 is 17.6. The zero-order valence-electron chi connectivity index (χ0n) is 14.1. The second-order valence-corrected chi connectivity index (χ2v) is 6.68. The third kappa shape index (κ3) is 4.03. The molecule has 0 saturated heterocycles. The standard InChI is InChI=1S/C20H15BrN2O4/c21-15-4-1-13(2-5-15)17-8-6-16(27-17)12-22-23-20(24)14-3-7-18-19(11-14)26-10-9-25-18/h1-8,11-12H,9-10H2,(H,23,24). The SMILES string of the molecule is O=C(NN=Cc1ccc(-c2ccc(Br)cc2)o1)c1ccc2c(c1)OCCO2. The molecule has 1 aliphatic heterocycles. The molecule has 6 nitrogen and oxygen atoms in total. The Kier molecular flexibility index (Phi) is 4.93. The van der Waals surface area contributed by atoms with Gasteiger partial charge in [0.1, 0.15) is 24.7 Å². The number of furan rings is 1. The minimum atomic E-state index is -0.345. The van der Waals surface area contributed by atoms with E-state index < -0.39 is 0 Å². The van der Waals surface area contributed by atoms with Gasteiger partial charge in [-0.3, -0.25) is 4.79 Å². The first kappa shape index (κ1) is 17.4. The van der Waals surface area contributed by atoms with Gasteiger partial charge in [0.15, 0.2) is 11.5 Å². The normalized spacial score (nSPS) is 12.9. The maximum Gasteiger partial charge on any atom is 0.271 e. The predicted octanol–water partition coefficient (Wildman–Crippen LogP) is 4.24. The fourth-order valence-electron chi connectivity index (χ4n) is 2.60. The van der Waals surface area contributed by atoms with Gasteiger partial charge in [0.05, 0.1) is 6.21 Å². The first-order valence-electron chi connectivity index (χ1n) is 8.28. The largest absolute Gasteiger partial charge is 0.486 e. The molecule has 2 aromatic carbocycles. The number of ether oxygens (including phenoxy) is 2. The van der Waals surface area contributed by atoms with Crippen molar-refractivity contribution in [2.75, 3.05) is 13.2 Å². The van der Waals surface area contributed by atoms with E-state index in [-0.39, 0.29) is 5.91 Å². The van der Waals surface area contributed by atoms with E-state index in [2.05, 4.69) is 26.5 Å². The van der Waals surface area contributed by atoms with Gasteiger partial charge in [-0.25, -0.2) is 5.43 Å². The van der Waals surface area contributed by atoms with Crippen molar-refractivity contribution in [3.05, 3.63) is 70.4 Å². The average Bonchev–Trinajstić information content (AvgIpc) is 3.17. The molecule has 0 unspecified atom stereocenters. The summed E-state index contributed by atoms with van der Waals surface area (Å²) in [7, 11) is 0. The summed E-state index contributed by atoms with van der Waals surface area (Å²) >= 11 is 3.40. The van der Waals surface area contributed by atoms with Crippen LogP contribution in [0, 0.1) is 0 Å². The Morgan fingerprint density at radius 3 is 2.59 bits per heavy atom. The van der Waals surface area contributed by atoms with Gasteiger partial charge in [0.25, 0.3) is 5.91 Å². The Balaban J connectivity index is 1.40. The highest BCUT2D eigenvalue weighted by molar-refractivity contribution is 9.10. The van der Waals surface area contributed by atoms with Crippen LogP contribution in [0.15, 0.2) is 68.6 Å². The van der Waals surface area contributed by atoms with Gasteiger partial charge < -0.3 is 13.9 Å². The fraction of sp³-hybridized carbons (Fsp3) is 0.100. The summed E-state index contributed by atoms with van der Waals surface area (Å²) in [6.07, 6.45) is 1.46. The van der Waals surface area contributed by atoms with Gasteiger partial charge in [-0.2, -0.15) is 5.10 Å². The molecule has 0 bridgehead atoms. The molecule has 3 aromatic rings. The van der Waals surface area contributed by atoms with Crippen LogP contribution >= 0.6 is 15.9 Å². The van der Waals surface area contributed by atoms with Gasteiger partial charge in [-0.15, -0.1) is 0 Å². The Labute approximate surface area is 163 Å². The summed E-state index contributed by atoms with van der Waals surface area (Å²) in [5, 5.41) is 3.95. The summed E-state index contributed by atoms with van der Waals surface area (Å²) in [5.74, 6) is 2.11. The van der Waals surface area contributed by atoms with E-state index in [0.29, 0.717) is 36.0 Å². The highest BCUT2D eigenvalue weighted by Crippen LogP contribution is 2.30. The Morgan fingerprint density at radius 1 is 1.00 bits per heavy atom. The maximum absolute atomic E-state index is 12.2. The molecule has 136 valence electrons. The van der Waals surface area contributed by atoms with Crippen LogP contribution in [-0.2, 0) is 0 Å². The van der Waals surface area contributed by atoms with E-state index >= 15 is 0 Å². The van der Waals surface area contributed by atoms with Crippen molar-refractivity contribution in [2.24, 2.45) is 5.10 Å². The van der Waals surface area contributed by atoms with E-state index in [1.54, 1.807) is 24.3 Å². The lowest BCUT2D eigenvalue weighted by atomic mass is 10.2. The highest BCUT2D eigenvalue weighted by Gasteiger charge is 2.14. The summed E-state index contributed by atoms with van der Waals surface area (Å²) in [6, 6.07) is 16.4. The van der Waals surface area contributed by atoms with E-state index in [1.165, 1.54) is 6.21 Å². The number of hydrogen-bond donors (Lipinski definition) is 1. The smallest absolute Gasteiger partial charge is 0.271 e. The van der Waals surface area contributed by atoms with Crippen LogP contribution in [0.4, 0.5) is 0 Å². The average molecular weight is 427 g/mol. The van der Waals surface area contributed by atoms with Crippen LogP contribution in [0.5, 0.6) is 11.5 Å². The first-order valence-corrected chi connectivity index (χ1v) is 9.07. The van der Waals surface area contributed by atoms with Crippen molar-refractivity contribution in [1.29, 1.82) is 0 Å². The lowest BCUT2D eigenvalue weighted by Gasteiger charge is -2.18. The van der Waals surface area contributed by atoms with Crippen LogP contribution in [-0.4, -0.2) is 25.3 Å². The van der Waals surface area contributed by atoms with Crippen molar-refractivity contribution in [3.63, 3.8) is 0 Å². The predicted molar refractivity (Wildman–Crippen MR) is 104 cm³/mol.